The predicted octanol–water partition coefficient (Wildman–Crippen LogP) is 1.46. The van der Waals surface area contributed by atoms with E-state index in [0.717, 1.165) is 12.1 Å². The Hall–Kier alpha value is -0.870. The van der Waals surface area contributed by atoms with Crippen LogP contribution in [0.2, 0.25) is 0 Å². The number of aliphatic hydroxyl groups is 1. The molecule has 2 N–H and O–H groups in total. The van der Waals surface area contributed by atoms with Gasteiger partial charge in [0.2, 0.25) is 0 Å². The van der Waals surface area contributed by atoms with Crippen LogP contribution >= 0.6 is 0 Å². The molecule has 0 aliphatic heterocycles. The van der Waals surface area contributed by atoms with Crippen LogP contribution in [0.15, 0.2) is 0 Å². The van der Waals surface area contributed by atoms with Gasteiger partial charge in [0.05, 0.1) is 11.8 Å². The Bertz CT molecular complexity index is 344. The van der Waals surface area contributed by atoms with Crippen molar-refractivity contribution in [2.45, 2.75) is 46.3 Å². The molecule has 0 radical (unpaired) electrons. The smallest absolute Gasteiger partial charge is 0.0644 e. The van der Waals surface area contributed by atoms with Gasteiger partial charge in [0.1, 0.15) is 0 Å². The highest BCUT2D eigenvalue weighted by Crippen LogP contribution is 2.23. The first-order chi connectivity index (χ1) is 7.47. The molecule has 1 heterocycles. The minimum absolute atomic E-state index is 0.281. The number of nitrogens with zero attached hydrogens (tertiary/aromatic N) is 2. The van der Waals surface area contributed by atoms with Crippen LogP contribution in [-0.2, 0) is 7.05 Å². The molecule has 0 saturated heterocycles. The Balaban J connectivity index is 2.86. The monoisotopic (exact) mass is 225 g/mol. The SMILES string of the molecule is CCC(NC[C@@H](C)O)c1c(C)nn(C)c1C. The molecule has 4 nitrogen and oxygen atoms in total. The first-order valence-corrected chi connectivity index (χ1v) is 5.88. The standard InChI is InChI=1S/C12H23N3O/c1-6-11(13-7-8(2)16)12-9(3)14-15(5)10(12)4/h8,11,13,16H,6-7H2,1-5H3/t8-,11?/m1/s1. The highest BCUT2D eigenvalue weighted by Gasteiger charge is 2.18. The van der Waals surface area contributed by atoms with Crippen LogP contribution in [0.3, 0.4) is 0 Å². The van der Waals surface area contributed by atoms with Gasteiger partial charge in [0.15, 0.2) is 0 Å². The number of rotatable bonds is 5. The summed E-state index contributed by atoms with van der Waals surface area (Å²) >= 11 is 0. The molecule has 0 spiro atoms. The third kappa shape index (κ3) is 2.83. The van der Waals surface area contributed by atoms with Gasteiger partial charge in [-0.15, -0.1) is 0 Å². The van der Waals surface area contributed by atoms with Gasteiger partial charge in [-0.25, -0.2) is 0 Å². The topological polar surface area (TPSA) is 50.1 Å². The maximum atomic E-state index is 9.30. The number of nitrogens with one attached hydrogen (secondary N) is 1. The van der Waals surface area contributed by atoms with E-state index in [0.29, 0.717) is 6.54 Å². The molecule has 0 aromatic carbocycles. The van der Waals surface area contributed by atoms with Crippen molar-refractivity contribution in [1.29, 1.82) is 0 Å². The second-order valence-corrected chi connectivity index (χ2v) is 4.43. The first-order valence-electron chi connectivity index (χ1n) is 5.88. The average Bonchev–Trinajstić information content (AvgIpc) is 2.45. The van der Waals surface area contributed by atoms with Crippen LogP contribution in [0.5, 0.6) is 0 Å². The van der Waals surface area contributed by atoms with Crippen LogP contribution in [0.4, 0.5) is 0 Å². The lowest BCUT2D eigenvalue weighted by atomic mass is 10.0. The summed E-state index contributed by atoms with van der Waals surface area (Å²) in [7, 11) is 1.97. The van der Waals surface area contributed by atoms with E-state index < -0.39 is 0 Å². The minimum Gasteiger partial charge on any atom is -0.392 e. The van der Waals surface area contributed by atoms with Crippen molar-refractivity contribution in [2.24, 2.45) is 7.05 Å². The van der Waals surface area contributed by atoms with E-state index in [-0.39, 0.29) is 12.1 Å². The third-order valence-electron chi connectivity index (χ3n) is 2.98. The van der Waals surface area contributed by atoms with Crippen LogP contribution < -0.4 is 5.32 Å². The largest absolute Gasteiger partial charge is 0.392 e. The second kappa shape index (κ2) is 5.46. The van der Waals surface area contributed by atoms with Crippen LogP contribution in [0.25, 0.3) is 0 Å². The van der Waals surface area contributed by atoms with Gasteiger partial charge in [-0.3, -0.25) is 4.68 Å². The van der Waals surface area contributed by atoms with Crippen molar-refractivity contribution >= 4 is 0 Å². The fourth-order valence-corrected chi connectivity index (χ4v) is 2.06. The average molecular weight is 225 g/mol. The fourth-order valence-electron chi connectivity index (χ4n) is 2.06. The van der Waals surface area contributed by atoms with E-state index in [1.165, 1.54) is 11.3 Å². The summed E-state index contributed by atoms with van der Waals surface area (Å²) in [5, 5.41) is 17.1. The summed E-state index contributed by atoms with van der Waals surface area (Å²) in [6.45, 7) is 8.68. The van der Waals surface area contributed by atoms with Crippen molar-refractivity contribution in [3.8, 4) is 0 Å². The van der Waals surface area contributed by atoms with Gasteiger partial charge >= 0.3 is 0 Å². The summed E-state index contributed by atoms with van der Waals surface area (Å²) < 4.78 is 1.91. The number of aliphatic hydroxyl groups excluding tert-OH is 1. The second-order valence-electron chi connectivity index (χ2n) is 4.43. The Kier molecular flexibility index (Phi) is 4.50. The zero-order valence-electron chi connectivity index (χ0n) is 10.9. The van der Waals surface area contributed by atoms with Gasteiger partial charge in [-0.2, -0.15) is 5.10 Å². The normalized spacial score (nSPS) is 15.1. The highest BCUT2D eigenvalue weighted by atomic mass is 16.3. The van der Waals surface area contributed by atoms with E-state index in [1.54, 1.807) is 6.92 Å². The lowest BCUT2D eigenvalue weighted by molar-refractivity contribution is 0.185. The van der Waals surface area contributed by atoms with E-state index >= 15 is 0 Å². The zero-order valence-corrected chi connectivity index (χ0v) is 10.9. The van der Waals surface area contributed by atoms with Crippen LogP contribution in [-0.4, -0.2) is 27.5 Å². The van der Waals surface area contributed by atoms with Crippen LogP contribution in [0.1, 0.15) is 43.3 Å². The van der Waals surface area contributed by atoms with E-state index in [1.807, 2.05) is 18.7 Å². The van der Waals surface area contributed by atoms with Crippen molar-refractivity contribution in [2.75, 3.05) is 6.54 Å². The van der Waals surface area contributed by atoms with E-state index in [2.05, 4.69) is 24.3 Å². The molecule has 0 aliphatic rings. The number of hydrogen-bond donors (Lipinski definition) is 2. The summed E-state index contributed by atoms with van der Waals surface area (Å²) in [6, 6.07) is 0.281. The molecule has 1 unspecified atom stereocenters. The molecule has 0 amide bonds. The van der Waals surface area contributed by atoms with Crippen molar-refractivity contribution in [1.82, 2.24) is 15.1 Å². The van der Waals surface area contributed by atoms with Crippen LogP contribution in [0, 0.1) is 13.8 Å². The van der Waals surface area contributed by atoms with Gasteiger partial charge in [0, 0.05) is 30.9 Å². The molecule has 0 bridgehead atoms. The van der Waals surface area contributed by atoms with Crippen molar-refractivity contribution in [3.63, 3.8) is 0 Å². The quantitative estimate of drug-likeness (QED) is 0.797. The van der Waals surface area contributed by atoms with Gasteiger partial charge in [0.25, 0.3) is 0 Å². The fraction of sp³-hybridized carbons (Fsp3) is 0.750. The maximum Gasteiger partial charge on any atom is 0.0644 e. The molecule has 1 aromatic heterocycles. The number of hydrogen-bond acceptors (Lipinski definition) is 3. The first kappa shape index (κ1) is 13.2. The van der Waals surface area contributed by atoms with Gasteiger partial charge in [-0.1, -0.05) is 6.92 Å². The zero-order chi connectivity index (χ0) is 12.3. The Morgan fingerprint density at radius 2 is 2.06 bits per heavy atom. The summed E-state index contributed by atoms with van der Waals surface area (Å²) in [4.78, 5) is 0. The maximum absolute atomic E-state index is 9.30. The molecular formula is C12H23N3O. The summed E-state index contributed by atoms with van der Waals surface area (Å²) in [5.41, 5.74) is 3.54. The number of aromatic nitrogens is 2. The van der Waals surface area contributed by atoms with E-state index in [4.69, 9.17) is 0 Å². The van der Waals surface area contributed by atoms with Crippen molar-refractivity contribution in [3.05, 3.63) is 17.0 Å². The Morgan fingerprint density at radius 1 is 1.44 bits per heavy atom. The van der Waals surface area contributed by atoms with E-state index in [9.17, 15) is 5.11 Å². The lowest BCUT2D eigenvalue weighted by Crippen LogP contribution is -2.29. The Labute approximate surface area is 97.7 Å². The molecule has 0 saturated carbocycles. The molecule has 2 atom stereocenters. The van der Waals surface area contributed by atoms with Crippen molar-refractivity contribution < 1.29 is 5.11 Å². The summed E-state index contributed by atoms with van der Waals surface area (Å²) in [6.07, 6.45) is 0.687. The molecule has 4 heteroatoms. The Morgan fingerprint density at radius 3 is 2.44 bits per heavy atom. The highest BCUT2D eigenvalue weighted by molar-refractivity contribution is 5.28. The van der Waals surface area contributed by atoms with Gasteiger partial charge in [-0.05, 0) is 27.2 Å². The molecule has 16 heavy (non-hydrogen) atoms. The number of aryl methyl sites for hydroxylation is 2. The predicted molar refractivity (Wildman–Crippen MR) is 65.4 cm³/mol. The molecule has 92 valence electrons. The summed E-state index contributed by atoms with van der Waals surface area (Å²) in [5.74, 6) is 0. The third-order valence-corrected chi connectivity index (χ3v) is 2.98. The minimum atomic E-state index is -0.314. The van der Waals surface area contributed by atoms with Gasteiger partial charge < -0.3 is 10.4 Å². The molecule has 1 aromatic rings. The molecule has 0 fully saturated rings. The molecular weight excluding hydrogens is 202 g/mol. The lowest BCUT2D eigenvalue weighted by Gasteiger charge is -2.18. The molecule has 1 rings (SSSR count). The molecule has 0 aliphatic carbocycles.